The maximum atomic E-state index is 13.4. The van der Waals surface area contributed by atoms with Gasteiger partial charge in [-0.15, -0.1) is 11.3 Å². The van der Waals surface area contributed by atoms with E-state index in [-0.39, 0.29) is 17.4 Å². The molecule has 2 unspecified atom stereocenters. The monoisotopic (exact) mass is 558 g/mol. The molecule has 2 atom stereocenters. The van der Waals surface area contributed by atoms with Crippen LogP contribution in [0, 0.1) is 17.8 Å². The highest BCUT2D eigenvalue weighted by Gasteiger charge is 2.57. The predicted octanol–water partition coefficient (Wildman–Crippen LogP) is 6.96. The lowest BCUT2D eigenvalue weighted by Crippen LogP contribution is -2.38. The summed E-state index contributed by atoms with van der Waals surface area (Å²) in [7, 11) is 0. The van der Waals surface area contributed by atoms with Crippen LogP contribution in [-0.4, -0.2) is 49.7 Å². The van der Waals surface area contributed by atoms with Gasteiger partial charge in [-0.25, -0.2) is 4.79 Å². The lowest BCUT2D eigenvalue weighted by Gasteiger charge is -2.26. The molecule has 6 nitrogen and oxygen atoms in total. The van der Waals surface area contributed by atoms with Crippen molar-refractivity contribution in [3.8, 4) is 5.06 Å². The van der Waals surface area contributed by atoms with Crippen molar-refractivity contribution in [2.45, 2.75) is 44.9 Å². The maximum Gasteiger partial charge on any atom is 0.420 e. The lowest BCUT2D eigenvalue weighted by atomic mass is 9.86. The predicted molar refractivity (Wildman–Crippen MR) is 158 cm³/mol. The van der Waals surface area contributed by atoms with Gasteiger partial charge in [-0.3, -0.25) is 9.69 Å². The van der Waals surface area contributed by atoms with E-state index in [0.29, 0.717) is 35.3 Å². The van der Waals surface area contributed by atoms with Gasteiger partial charge in [-0.2, -0.15) is 0 Å². The number of carbonyl (C=O) groups is 2. The average Bonchev–Trinajstić information content (AvgIpc) is 3.32. The summed E-state index contributed by atoms with van der Waals surface area (Å²) in [5.41, 5.74) is 4.19. The first kappa shape index (κ1) is 27.0. The molecular weight excluding hydrogens is 520 g/mol. The zero-order valence-electron chi connectivity index (χ0n) is 23.5. The summed E-state index contributed by atoms with van der Waals surface area (Å²) in [4.78, 5) is 30.3. The molecule has 2 aromatic carbocycles. The van der Waals surface area contributed by atoms with Gasteiger partial charge in [-0.1, -0.05) is 45.0 Å². The van der Waals surface area contributed by atoms with Crippen LogP contribution in [0.5, 0.6) is 5.06 Å². The Kier molecular flexibility index (Phi) is 7.44. The molecule has 6 rings (SSSR count). The highest BCUT2D eigenvalue weighted by Crippen LogP contribution is 2.52. The molecule has 1 saturated carbocycles. The molecule has 1 aromatic heterocycles. The van der Waals surface area contributed by atoms with Crippen LogP contribution in [0.2, 0.25) is 0 Å². The summed E-state index contributed by atoms with van der Waals surface area (Å²) < 4.78 is 11.3. The summed E-state index contributed by atoms with van der Waals surface area (Å²) >= 11 is 1.41. The number of hydrogen-bond donors (Lipinski definition) is 0. The number of nitrogens with zero attached hydrogens (tertiary/aromatic N) is 2. The summed E-state index contributed by atoms with van der Waals surface area (Å²) in [5.74, 6) is 1.79. The van der Waals surface area contributed by atoms with Crippen molar-refractivity contribution < 1.29 is 19.1 Å². The van der Waals surface area contributed by atoms with E-state index < -0.39 is 0 Å². The van der Waals surface area contributed by atoms with E-state index >= 15 is 0 Å². The summed E-state index contributed by atoms with van der Waals surface area (Å²) in [6, 6.07) is 20.1. The van der Waals surface area contributed by atoms with Crippen LogP contribution in [0.4, 0.5) is 10.5 Å². The summed E-state index contributed by atoms with van der Waals surface area (Å²) in [5, 5.41) is 2.50. The molecule has 40 heavy (non-hydrogen) atoms. The third-order valence-electron chi connectivity index (χ3n) is 8.85. The SMILES string of the molecule is CC(C)(C)c1ccc(C(=O)N2CC3C(C2)C3CN(C(=O)Oc2cccs2)c2ccc(C3CCOCC3)cc2)cc1. The van der Waals surface area contributed by atoms with Crippen LogP contribution in [-0.2, 0) is 10.2 Å². The molecule has 0 N–H and O–H groups in total. The standard InChI is InChI=1S/C33H38N2O4S/c1-33(2,3)25-10-6-24(7-11-25)31(36)34-19-27-28(20-34)29(27)21-35(32(37)39-30-5-4-18-40-30)26-12-8-22(9-13-26)23-14-16-38-17-15-23/h4-13,18,23,27-29H,14-17,19-21H2,1-3H3. The second-order valence-corrected chi connectivity index (χ2v) is 13.3. The van der Waals surface area contributed by atoms with Crippen LogP contribution in [0.15, 0.2) is 66.0 Å². The van der Waals surface area contributed by atoms with E-state index in [1.54, 1.807) is 4.90 Å². The largest absolute Gasteiger partial charge is 0.420 e. The fraction of sp³-hybridized carbons (Fsp3) is 0.455. The Morgan fingerprint density at radius 3 is 2.25 bits per heavy atom. The first-order chi connectivity index (χ1) is 19.3. The minimum absolute atomic E-state index is 0.0613. The third-order valence-corrected chi connectivity index (χ3v) is 9.60. The van der Waals surface area contributed by atoms with Crippen LogP contribution in [0.3, 0.4) is 0 Å². The molecule has 0 bridgehead atoms. The molecule has 2 saturated heterocycles. The van der Waals surface area contributed by atoms with Crippen molar-refractivity contribution in [3.63, 3.8) is 0 Å². The van der Waals surface area contributed by atoms with Crippen molar-refractivity contribution >= 4 is 29.0 Å². The zero-order chi connectivity index (χ0) is 27.9. The van der Waals surface area contributed by atoms with E-state index in [0.717, 1.165) is 50.4 Å². The fourth-order valence-corrected chi connectivity index (χ4v) is 6.87. The van der Waals surface area contributed by atoms with Gasteiger partial charge in [0, 0.05) is 44.1 Å². The van der Waals surface area contributed by atoms with E-state index in [9.17, 15) is 9.59 Å². The Balaban J connectivity index is 1.12. The Labute approximate surface area is 240 Å². The van der Waals surface area contributed by atoms with Crippen molar-refractivity contribution in [1.29, 1.82) is 0 Å². The fourth-order valence-electron chi connectivity index (χ4n) is 6.30. The van der Waals surface area contributed by atoms with Gasteiger partial charge < -0.3 is 14.4 Å². The second kappa shape index (κ2) is 11.0. The van der Waals surface area contributed by atoms with E-state index in [4.69, 9.17) is 9.47 Å². The van der Waals surface area contributed by atoms with Crippen molar-refractivity contribution in [2.24, 2.45) is 17.8 Å². The summed E-state index contributed by atoms with van der Waals surface area (Å²) in [6.07, 6.45) is 1.72. The molecule has 210 valence electrons. The molecular formula is C33H38N2O4S. The number of benzene rings is 2. The van der Waals surface area contributed by atoms with Crippen LogP contribution in [0.1, 0.15) is 61.0 Å². The smallest absolute Gasteiger partial charge is 0.399 e. The molecule has 3 aromatic rings. The van der Waals surface area contributed by atoms with Crippen LogP contribution >= 0.6 is 11.3 Å². The molecule has 0 spiro atoms. The molecule has 2 aliphatic heterocycles. The van der Waals surface area contributed by atoms with Gasteiger partial charge in [0.1, 0.15) is 0 Å². The number of amides is 2. The van der Waals surface area contributed by atoms with Gasteiger partial charge in [0.2, 0.25) is 0 Å². The molecule has 3 aliphatic rings. The molecule has 7 heteroatoms. The number of ether oxygens (including phenoxy) is 2. The minimum Gasteiger partial charge on any atom is -0.399 e. The second-order valence-electron chi connectivity index (χ2n) is 12.4. The molecule has 3 fully saturated rings. The molecule has 0 radical (unpaired) electrons. The summed E-state index contributed by atoms with van der Waals surface area (Å²) in [6.45, 7) is 10.2. The number of rotatable bonds is 6. The number of piperidine rings is 1. The third kappa shape index (κ3) is 5.68. The van der Waals surface area contributed by atoms with Gasteiger partial charge in [0.15, 0.2) is 5.06 Å². The Morgan fingerprint density at radius 1 is 0.975 bits per heavy atom. The lowest BCUT2D eigenvalue weighted by molar-refractivity contribution is 0.0768. The van der Waals surface area contributed by atoms with E-state index in [1.807, 2.05) is 34.5 Å². The molecule has 2 amide bonds. The number of anilines is 1. The average molecular weight is 559 g/mol. The van der Waals surface area contributed by atoms with Crippen LogP contribution < -0.4 is 9.64 Å². The maximum absolute atomic E-state index is 13.4. The van der Waals surface area contributed by atoms with Gasteiger partial charge in [-0.05, 0) is 94.8 Å². The number of thiophene rings is 1. The zero-order valence-corrected chi connectivity index (χ0v) is 24.4. The van der Waals surface area contributed by atoms with E-state index in [1.165, 1.54) is 22.5 Å². The molecule has 1 aliphatic carbocycles. The molecule has 3 heterocycles. The number of fused-ring (bicyclic) bond motifs is 1. The van der Waals surface area contributed by atoms with Crippen molar-refractivity contribution in [3.05, 3.63) is 82.7 Å². The van der Waals surface area contributed by atoms with Crippen molar-refractivity contribution in [1.82, 2.24) is 4.90 Å². The minimum atomic E-state index is -0.349. The quantitative estimate of drug-likeness (QED) is 0.328. The van der Waals surface area contributed by atoms with Crippen LogP contribution in [0.25, 0.3) is 0 Å². The van der Waals surface area contributed by atoms with Crippen molar-refractivity contribution in [2.75, 3.05) is 37.7 Å². The Morgan fingerprint density at radius 2 is 1.65 bits per heavy atom. The van der Waals surface area contributed by atoms with E-state index in [2.05, 4.69) is 57.2 Å². The van der Waals surface area contributed by atoms with Gasteiger partial charge in [0.05, 0.1) is 0 Å². The normalized spacial score (nSPS) is 22.6. The highest BCUT2D eigenvalue weighted by atomic mass is 32.1. The number of likely N-dealkylation sites (tertiary alicyclic amines) is 1. The Bertz CT molecular complexity index is 1310. The first-order valence-electron chi connectivity index (χ1n) is 14.4. The number of hydrogen-bond acceptors (Lipinski definition) is 5. The highest BCUT2D eigenvalue weighted by molar-refractivity contribution is 7.11. The van der Waals surface area contributed by atoms with Gasteiger partial charge in [0.25, 0.3) is 5.91 Å². The first-order valence-corrected chi connectivity index (χ1v) is 15.3. The Hall–Kier alpha value is -3.16. The topological polar surface area (TPSA) is 59.1 Å². The number of carbonyl (C=O) groups excluding carboxylic acids is 2. The van der Waals surface area contributed by atoms with Gasteiger partial charge >= 0.3 is 6.09 Å².